The number of rotatable bonds is 14. The fraction of sp³-hybridized carbons (Fsp3) is 0.800. The molecule has 170 valence electrons. The smallest absolute Gasteiger partial charge is 0.305 e. The van der Waals surface area contributed by atoms with Crippen LogP contribution in [0.1, 0.15) is 104 Å². The fourth-order valence-electron chi connectivity index (χ4n) is 3.89. The van der Waals surface area contributed by atoms with Gasteiger partial charge in [-0.1, -0.05) is 58.3 Å². The van der Waals surface area contributed by atoms with Gasteiger partial charge < -0.3 is 9.47 Å². The monoisotopic (exact) mass is 420 g/mol. The van der Waals surface area contributed by atoms with Crippen LogP contribution in [-0.2, 0) is 23.9 Å². The second-order valence-corrected chi connectivity index (χ2v) is 8.07. The topological polar surface area (TPSA) is 69.7 Å². The SMILES string of the molecule is CCCCCCC#C[C@H]1[C@H](CCCCCCC(=O)OCC)C(=O)C[C@H]1OC(=O)CC. The Hall–Kier alpha value is -1.83. The third-order valence-electron chi connectivity index (χ3n) is 5.60. The lowest BCUT2D eigenvalue weighted by molar-refractivity contribution is -0.149. The molecule has 5 nitrogen and oxygen atoms in total. The zero-order valence-corrected chi connectivity index (χ0v) is 19.2. The van der Waals surface area contributed by atoms with Gasteiger partial charge in [-0.25, -0.2) is 0 Å². The van der Waals surface area contributed by atoms with Crippen LogP contribution in [0.3, 0.4) is 0 Å². The molecule has 0 aromatic heterocycles. The van der Waals surface area contributed by atoms with E-state index >= 15 is 0 Å². The molecule has 3 atom stereocenters. The van der Waals surface area contributed by atoms with E-state index in [1.54, 1.807) is 6.92 Å². The third kappa shape index (κ3) is 10.3. The standard InChI is InChI=1S/C25H40O5/c1-4-7-8-9-10-14-17-21-20(22(26)19-23(21)30-24(27)5-2)16-13-11-12-15-18-25(28)29-6-3/h20-21,23H,4-13,15-16,18-19H2,1-3H3/t20-,21-,23+/m0/s1. The van der Waals surface area contributed by atoms with Gasteiger partial charge >= 0.3 is 11.9 Å². The van der Waals surface area contributed by atoms with Crippen LogP contribution < -0.4 is 0 Å². The number of esters is 2. The first-order valence-corrected chi connectivity index (χ1v) is 11.9. The van der Waals surface area contributed by atoms with E-state index in [1.807, 2.05) is 6.92 Å². The van der Waals surface area contributed by atoms with Gasteiger partial charge in [0.2, 0.25) is 0 Å². The summed E-state index contributed by atoms with van der Waals surface area (Å²) in [6.07, 6.45) is 10.6. The van der Waals surface area contributed by atoms with Crippen LogP contribution in [0, 0.1) is 23.7 Å². The number of Topliss-reactive ketones (excluding diaryl/α,β-unsaturated/α-hetero) is 1. The van der Waals surface area contributed by atoms with Gasteiger partial charge in [0, 0.05) is 31.6 Å². The Labute approximate surface area is 182 Å². The van der Waals surface area contributed by atoms with Gasteiger partial charge in [-0.2, -0.15) is 0 Å². The first kappa shape index (κ1) is 26.2. The molecule has 5 heteroatoms. The summed E-state index contributed by atoms with van der Waals surface area (Å²) in [6.45, 7) is 6.19. The summed E-state index contributed by atoms with van der Waals surface area (Å²) in [5, 5.41) is 0. The number of hydrogen-bond acceptors (Lipinski definition) is 5. The van der Waals surface area contributed by atoms with Gasteiger partial charge in [0.1, 0.15) is 11.9 Å². The summed E-state index contributed by atoms with van der Waals surface area (Å²) < 4.78 is 10.5. The Morgan fingerprint density at radius 3 is 2.40 bits per heavy atom. The first-order valence-electron chi connectivity index (χ1n) is 11.9. The summed E-state index contributed by atoms with van der Waals surface area (Å²) in [5.74, 6) is 5.98. The summed E-state index contributed by atoms with van der Waals surface area (Å²) in [6, 6.07) is 0. The molecule has 0 spiro atoms. The van der Waals surface area contributed by atoms with Crippen LogP contribution in [-0.4, -0.2) is 30.4 Å². The van der Waals surface area contributed by atoms with E-state index in [1.165, 1.54) is 19.3 Å². The molecule has 0 saturated heterocycles. The minimum absolute atomic E-state index is 0.140. The van der Waals surface area contributed by atoms with E-state index in [0.29, 0.717) is 19.4 Å². The molecule has 0 bridgehead atoms. The van der Waals surface area contributed by atoms with Crippen LogP contribution in [0.5, 0.6) is 0 Å². The van der Waals surface area contributed by atoms with Crippen molar-refractivity contribution in [2.24, 2.45) is 11.8 Å². The molecule has 0 aliphatic heterocycles. The number of ether oxygens (including phenoxy) is 2. The van der Waals surface area contributed by atoms with E-state index in [0.717, 1.165) is 44.9 Å². The molecule has 1 fully saturated rings. The van der Waals surface area contributed by atoms with Crippen molar-refractivity contribution in [3.8, 4) is 11.8 Å². The maximum Gasteiger partial charge on any atom is 0.305 e. The molecular formula is C25H40O5. The lowest BCUT2D eigenvalue weighted by Crippen LogP contribution is -2.24. The number of carbonyl (C=O) groups excluding carboxylic acids is 3. The highest BCUT2D eigenvalue weighted by molar-refractivity contribution is 5.85. The average Bonchev–Trinajstić information content (AvgIpc) is 3.01. The normalized spacial score (nSPS) is 20.5. The molecule has 0 aromatic carbocycles. The third-order valence-corrected chi connectivity index (χ3v) is 5.60. The lowest BCUT2D eigenvalue weighted by atomic mass is 9.89. The first-order chi connectivity index (χ1) is 14.5. The van der Waals surface area contributed by atoms with Crippen molar-refractivity contribution < 1.29 is 23.9 Å². The minimum atomic E-state index is -0.401. The van der Waals surface area contributed by atoms with Gasteiger partial charge in [0.15, 0.2) is 0 Å². The molecular weight excluding hydrogens is 380 g/mol. The van der Waals surface area contributed by atoms with Gasteiger partial charge in [0.25, 0.3) is 0 Å². The van der Waals surface area contributed by atoms with E-state index < -0.39 is 6.10 Å². The average molecular weight is 421 g/mol. The predicted octanol–water partition coefficient (Wildman–Crippen LogP) is 5.39. The van der Waals surface area contributed by atoms with Crippen LogP contribution in [0.25, 0.3) is 0 Å². The number of unbranched alkanes of at least 4 members (excludes halogenated alkanes) is 7. The van der Waals surface area contributed by atoms with E-state index in [2.05, 4.69) is 18.8 Å². The van der Waals surface area contributed by atoms with Crippen molar-refractivity contribution in [3.63, 3.8) is 0 Å². The zero-order chi connectivity index (χ0) is 22.2. The van der Waals surface area contributed by atoms with Crippen molar-refractivity contribution in [2.45, 2.75) is 110 Å². The van der Waals surface area contributed by atoms with Crippen LogP contribution in [0.15, 0.2) is 0 Å². The second-order valence-electron chi connectivity index (χ2n) is 8.07. The maximum absolute atomic E-state index is 12.6. The zero-order valence-electron chi connectivity index (χ0n) is 19.2. The van der Waals surface area contributed by atoms with E-state index in [9.17, 15) is 14.4 Å². The summed E-state index contributed by atoms with van der Waals surface area (Å²) in [4.78, 5) is 35.8. The quantitative estimate of drug-likeness (QED) is 0.214. The van der Waals surface area contributed by atoms with Crippen LogP contribution in [0.4, 0.5) is 0 Å². The van der Waals surface area contributed by atoms with E-state index in [4.69, 9.17) is 9.47 Å². The Morgan fingerprint density at radius 1 is 0.967 bits per heavy atom. The molecule has 1 rings (SSSR count). The Bertz CT molecular complexity index is 586. The Kier molecular flexibility index (Phi) is 13.9. The predicted molar refractivity (Wildman–Crippen MR) is 118 cm³/mol. The summed E-state index contributed by atoms with van der Waals surface area (Å²) >= 11 is 0. The van der Waals surface area contributed by atoms with Crippen LogP contribution >= 0.6 is 0 Å². The number of ketones is 1. The molecule has 0 unspecified atom stereocenters. The van der Waals surface area contributed by atoms with Crippen molar-refractivity contribution >= 4 is 17.7 Å². The van der Waals surface area contributed by atoms with Crippen molar-refractivity contribution in [1.82, 2.24) is 0 Å². The molecule has 1 saturated carbocycles. The molecule has 0 aromatic rings. The molecule has 0 heterocycles. The van der Waals surface area contributed by atoms with Crippen molar-refractivity contribution in [3.05, 3.63) is 0 Å². The second kappa shape index (κ2) is 15.9. The van der Waals surface area contributed by atoms with Crippen molar-refractivity contribution in [2.75, 3.05) is 6.61 Å². The van der Waals surface area contributed by atoms with E-state index in [-0.39, 0.29) is 36.0 Å². The Balaban J connectivity index is 2.53. The molecule has 0 N–H and O–H groups in total. The largest absolute Gasteiger partial charge is 0.466 e. The van der Waals surface area contributed by atoms with Gasteiger partial charge in [-0.15, -0.1) is 5.92 Å². The fourth-order valence-corrected chi connectivity index (χ4v) is 3.89. The number of hydrogen-bond donors (Lipinski definition) is 0. The highest BCUT2D eigenvalue weighted by Crippen LogP contribution is 2.35. The summed E-state index contributed by atoms with van der Waals surface area (Å²) in [5.41, 5.74) is 0. The molecule has 1 aliphatic carbocycles. The molecule has 1 aliphatic rings. The molecule has 0 amide bonds. The van der Waals surface area contributed by atoms with Gasteiger partial charge in [-0.05, 0) is 26.2 Å². The van der Waals surface area contributed by atoms with Crippen molar-refractivity contribution in [1.29, 1.82) is 0 Å². The van der Waals surface area contributed by atoms with Gasteiger partial charge in [0.05, 0.1) is 12.5 Å². The molecule has 0 radical (unpaired) electrons. The minimum Gasteiger partial charge on any atom is -0.466 e. The maximum atomic E-state index is 12.6. The molecule has 30 heavy (non-hydrogen) atoms. The number of carbonyl (C=O) groups is 3. The summed E-state index contributed by atoms with van der Waals surface area (Å²) in [7, 11) is 0. The van der Waals surface area contributed by atoms with Gasteiger partial charge in [-0.3, -0.25) is 14.4 Å². The lowest BCUT2D eigenvalue weighted by Gasteiger charge is -2.19. The highest BCUT2D eigenvalue weighted by atomic mass is 16.5. The Morgan fingerprint density at radius 2 is 1.70 bits per heavy atom. The van der Waals surface area contributed by atoms with Crippen LogP contribution in [0.2, 0.25) is 0 Å². The highest BCUT2D eigenvalue weighted by Gasteiger charge is 2.43.